The number of rotatable bonds is 5. The number of hydrogen-bond donors (Lipinski definition) is 2. The highest BCUT2D eigenvalue weighted by atomic mass is 79.9. The predicted molar refractivity (Wildman–Crippen MR) is 75.5 cm³/mol. The van der Waals surface area contributed by atoms with Gasteiger partial charge < -0.3 is 5.32 Å². The molecule has 1 aromatic rings. The van der Waals surface area contributed by atoms with E-state index in [0.717, 1.165) is 0 Å². The fourth-order valence-electron chi connectivity index (χ4n) is 1.08. The van der Waals surface area contributed by atoms with Crippen LogP contribution in [0.25, 0.3) is 0 Å². The summed E-state index contributed by atoms with van der Waals surface area (Å²) in [5.74, 6) is -0.0494. The molecule has 0 heterocycles. The van der Waals surface area contributed by atoms with Crippen LogP contribution in [0.1, 0.15) is 0 Å². The van der Waals surface area contributed by atoms with Gasteiger partial charge in [0.2, 0.25) is 10.0 Å². The topological polar surface area (TPSA) is 58.2 Å². The first-order valence-electron chi connectivity index (χ1n) is 4.65. The van der Waals surface area contributed by atoms with Crippen LogP contribution in [0, 0.1) is 0 Å². The number of benzene rings is 1. The van der Waals surface area contributed by atoms with Crippen LogP contribution in [-0.4, -0.2) is 27.8 Å². The van der Waals surface area contributed by atoms with Crippen LogP contribution in [0.15, 0.2) is 16.6 Å². The lowest BCUT2D eigenvalue weighted by Gasteiger charge is -2.11. The molecule has 0 atom stereocenters. The van der Waals surface area contributed by atoms with Crippen LogP contribution >= 0.6 is 39.1 Å². The molecule has 0 saturated carbocycles. The number of hydrogen-bond acceptors (Lipinski definition) is 3. The molecule has 0 radical (unpaired) electrons. The average Bonchev–Trinajstić information content (AvgIpc) is 2.21. The number of nitrogens with one attached hydrogen (secondary N) is 2. The molecular weight excluding hydrogens is 351 g/mol. The Labute approximate surface area is 119 Å². The maximum Gasteiger partial charge on any atom is 0.234 e. The quantitative estimate of drug-likeness (QED) is 0.847. The highest BCUT2D eigenvalue weighted by molar-refractivity contribution is 9.10. The first-order chi connectivity index (χ1) is 7.85. The minimum absolute atomic E-state index is 0.0494. The summed E-state index contributed by atoms with van der Waals surface area (Å²) >= 11 is 15.0. The molecular formula is C9H11BrCl2N2O2S. The van der Waals surface area contributed by atoms with Crippen molar-refractivity contribution in [3.63, 3.8) is 0 Å². The summed E-state index contributed by atoms with van der Waals surface area (Å²) in [6.45, 7) is 0.348. The second-order valence-electron chi connectivity index (χ2n) is 3.27. The molecule has 1 aromatic carbocycles. The van der Waals surface area contributed by atoms with Crippen LogP contribution in [-0.2, 0) is 10.0 Å². The summed E-state index contributed by atoms with van der Waals surface area (Å²) in [5, 5.41) is 3.25. The molecule has 0 spiro atoms. The Morgan fingerprint density at radius 1 is 1.29 bits per heavy atom. The average molecular weight is 362 g/mol. The van der Waals surface area contributed by atoms with Crippen molar-refractivity contribution in [3.8, 4) is 0 Å². The van der Waals surface area contributed by atoms with Gasteiger partial charge in [0.25, 0.3) is 0 Å². The van der Waals surface area contributed by atoms with E-state index in [-0.39, 0.29) is 21.5 Å². The van der Waals surface area contributed by atoms with Crippen molar-refractivity contribution in [2.75, 3.05) is 24.1 Å². The smallest absolute Gasteiger partial charge is 0.234 e. The maximum atomic E-state index is 11.7. The van der Waals surface area contributed by atoms with Gasteiger partial charge >= 0.3 is 0 Å². The van der Waals surface area contributed by atoms with Crippen molar-refractivity contribution in [3.05, 3.63) is 26.7 Å². The van der Waals surface area contributed by atoms with E-state index in [2.05, 4.69) is 26.0 Å². The van der Waals surface area contributed by atoms with Crippen molar-refractivity contribution < 1.29 is 8.42 Å². The SMILES string of the molecule is CNCCS(=O)(=O)Nc1c(Cl)cc(Br)cc1Cl. The Hall–Kier alpha value is -0.0100. The molecule has 4 nitrogen and oxygen atoms in total. The standard InChI is InChI=1S/C9H11BrCl2N2O2S/c1-13-2-3-17(15,16)14-9-7(11)4-6(10)5-8(9)12/h4-5,13-14H,2-3H2,1H3. The number of sulfonamides is 1. The van der Waals surface area contributed by atoms with Crippen LogP contribution in [0.4, 0.5) is 5.69 Å². The van der Waals surface area contributed by atoms with Gasteiger partial charge in [0.05, 0.1) is 21.5 Å². The van der Waals surface area contributed by atoms with Gasteiger partial charge in [-0.3, -0.25) is 4.72 Å². The molecule has 2 N–H and O–H groups in total. The first-order valence-corrected chi connectivity index (χ1v) is 7.85. The van der Waals surface area contributed by atoms with E-state index in [1.54, 1.807) is 19.2 Å². The Kier molecular flexibility index (Phi) is 5.53. The van der Waals surface area contributed by atoms with Crippen LogP contribution < -0.4 is 10.0 Å². The Balaban J connectivity index is 2.96. The Bertz CT molecular complexity index is 485. The zero-order chi connectivity index (χ0) is 13.1. The van der Waals surface area contributed by atoms with Crippen molar-refractivity contribution in [1.29, 1.82) is 0 Å². The van der Waals surface area contributed by atoms with Gasteiger partial charge in [-0.15, -0.1) is 0 Å². The van der Waals surface area contributed by atoms with E-state index in [0.29, 0.717) is 11.0 Å². The summed E-state index contributed by atoms with van der Waals surface area (Å²) in [4.78, 5) is 0. The van der Waals surface area contributed by atoms with Crippen molar-refractivity contribution in [2.45, 2.75) is 0 Å². The summed E-state index contributed by atoms with van der Waals surface area (Å²) in [6.07, 6.45) is 0. The van der Waals surface area contributed by atoms with Crippen molar-refractivity contribution >= 4 is 54.8 Å². The molecule has 96 valence electrons. The normalized spacial score (nSPS) is 11.5. The maximum absolute atomic E-state index is 11.7. The van der Waals surface area contributed by atoms with E-state index >= 15 is 0 Å². The molecule has 0 bridgehead atoms. The zero-order valence-corrected chi connectivity index (χ0v) is 12.8. The van der Waals surface area contributed by atoms with Crippen molar-refractivity contribution in [2.24, 2.45) is 0 Å². The fourth-order valence-corrected chi connectivity index (χ4v) is 3.60. The predicted octanol–water partition coefficient (Wildman–Crippen LogP) is 2.72. The van der Waals surface area contributed by atoms with E-state index in [9.17, 15) is 8.42 Å². The third kappa shape index (κ3) is 4.63. The van der Waals surface area contributed by atoms with Gasteiger partial charge in [-0.1, -0.05) is 39.1 Å². The Morgan fingerprint density at radius 3 is 2.29 bits per heavy atom. The van der Waals surface area contributed by atoms with Gasteiger partial charge in [-0.25, -0.2) is 8.42 Å². The summed E-state index contributed by atoms with van der Waals surface area (Å²) in [7, 11) is -1.78. The third-order valence-electron chi connectivity index (χ3n) is 1.89. The third-order valence-corrected chi connectivity index (χ3v) is 4.20. The van der Waals surface area contributed by atoms with Crippen LogP contribution in [0.5, 0.6) is 0 Å². The molecule has 0 amide bonds. The summed E-state index contributed by atoms with van der Waals surface area (Å²) < 4.78 is 26.4. The fraction of sp³-hybridized carbons (Fsp3) is 0.333. The van der Waals surface area contributed by atoms with Gasteiger partial charge in [0.1, 0.15) is 0 Å². The van der Waals surface area contributed by atoms with Crippen LogP contribution in [0.3, 0.4) is 0 Å². The molecule has 8 heteroatoms. The minimum atomic E-state index is -3.45. The lowest BCUT2D eigenvalue weighted by atomic mass is 10.3. The lowest BCUT2D eigenvalue weighted by molar-refractivity contribution is 0.599. The van der Waals surface area contributed by atoms with Crippen LogP contribution in [0.2, 0.25) is 10.0 Å². The summed E-state index contributed by atoms with van der Waals surface area (Å²) in [6, 6.07) is 3.15. The molecule has 0 saturated heterocycles. The van der Waals surface area contributed by atoms with Gasteiger partial charge in [0, 0.05) is 11.0 Å². The molecule has 0 aliphatic heterocycles. The molecule has 0 aliphatic rings. The van der Waals surface area contributed by atoms with E-state index in [4.69, 9.17) is 23.2 Å². The Morgan fingerprint density at radius 2 is 1.82 bits per heavy atom. The van der Waals surface area contributed by atoms with Gasteiger partial charge in [0.15, 0.2) is 0 Å². The van der Waals surface area contributed by atoms with Gasteiger partial charge in [-0.2, -0.15) is 0 Å². The molecule has 0 fully saturated rings. The number of anilines is 1. The molecule has 0 aromatic heterocycles. The summed E-state index contributed by atoms with van der Waals surface area (Å²) in [5.41, 5.74) is 0.202. The minimum Gasteiger partial charge on any atom is -0.319 e. The highest BCUT2D eigenvalue weighted by Crippen LogP contribution is 2.34. The zero-order valence-electron chi connectivity index (χ0n) is 8.93. The number of halogens is 3. The molecule has 17 heavy (non-hydrogen) atoms. The van der Waals surface area contributed by atoms with Gasteiger partial charge in [-0.05, 0) is 19.2 Å². The van der Waals surface area contributed by atoms with E-state index in [1.807, 2.05) is 0 Å². The van der Waals surface area contributed by atoms with E-state index < -0.39 is 10.0 Å². The largest absolute Gasteiger partial charge is 0.319 e. The van der Waals surface area contributed by atoms with Crippen molar-refractivity contribution in [1.82, 2.24) is 5.32 Å². The molecule has 1 rings (SSSR count). The second kappa shape index (κ2) is 6.24. The molecule has 0 unspecified atom stereocenters. The lowest BCUT2D eigenvalue weighted by Crippen LogP contribution is -2.24. The van der Waals surface area contributed by atoms with E-state index in [1.165, 1.54) is 0 Å². The highest BCUT2D eigenvalue weighted by Gasteiger charge is 2.15. The first kappa shape index (κ1) is 15.0. The second-order valence-corrected chi connectivity index (χ2v) is 6.84. The molecule has 0 aliphatic carbocycles. The monoisotopic (exact) mass is 360 g/mol.